The van der Waals surface area contributed by atoms with Crippen molar-refractivity contribution in [1.29, 1.82) is 0 Å². The van der Waals surface area contributed by atoms with Crippen molar-refractivity contribution in [3.8, 4) is 17.5 Å². The Morgan fingerprint density at radius 3 is 2.51 bits per heavy atom. The van der Waals surface area contributed by atoms with Gasteiger partial charge in [0.15, 0.2) is 11.5 Å². The van der Waals surface area contributed by atoms with Crippen LogP contribution in [0.25, 0.3) is 22.1 Å². The van der Waals surface area contributed by atoms with E-state index in [1.165, 1.54) is 4.52 Å². The predicted molar refractivity (Wildman–Crippen MR) is 169 cm³/mol. The third kappa shape index (κ3) is 4.85. The molecular formula is C32H27BrN8O2. The number of nitrogens with zero attached hydrogens (tertiary/aromatic N) is 6. The third-order valence-corrected chi connectivity index (χ3v) is 8.23. The van der Waals surface area contributed by atoms with Gasteiger partial charge in [-0.15, -0.1) is 5.10 Å². The normalized spacial score (nSPS) is 11.8. The maximum atomic E-state index is 14.4. The number of amides is 1. The number of nitrogen functional groups attached to an aromatic ring is 1. The fourth-order valence-electron chi connectivity index (χ4n) is 5.09. The van der Waals surface area contributed by atoms with Crippen LogP contribution < -0.4 is 16.6 Å². The summed E-state index contributed by atoms with van der Waals surface area (Å²) in [5.41, 5.74) is 10.6. The number of para-hydroxylation sites is 1. The van der Waals surface area contributed by atoms with E-state index in [4.69, 9.17) is 5.73 Å². The van der Waals surface area contributed by atoms with Gasteiger partial charge in [-0.3, -0.25) is 18.8 Å². The van der Waals surface area contributed by atoms with Crippen LogP contribution in [0.15, 0.2) is 76.3 Å². The summed E-state index contributed by atoms with van der Waals surface area (Å²) < 4.78 is 5.50. The minimum Gasteiger partial charge on any atom is -0.381 e. The second-order valence-electron chi connectivity index (χ2n) is 10.2. The van der Waals surface area contributed by atoms with E-state index >= 15 is 0 Å². The Hall–Kier alpha value is -5.21. The first-order chi connectivity index (χ1) is 20.7. The number of hydrogen-bond acceptors (Lipinski definition) is 6. The molecule has 3 N–H and O–H groups in total. The summed E-state index contributed by atoms with van der Waals surface area (Å²) in [7, 11) is 1.86. The standard InChI is InChI=1S/C32H27BrN8O2/c1-18-15-16-40-30(36-18)26(29(34)38-40)31(42)37-19(2)28-27(33)24-12-8-9-21(13-14-22-17-35-39(4)20(22)3)25(24)32(43)41(28)23-10-6-5-7-11-23/h5-12,15-17,19H,1-4H3,(H2,34,38)(H,37,42)/t19-/m0/s1. The molecule has 4 heterocycles. The molecule has 43 heavy (non-hydrogen) atoms. The fraction of sp³-hybridized carbons (Fsp3) is 0.156. The van der Waals surface area contributed by atoms with Gasteiger partial charge in [-0.1, -0.05) is 42.2 Å². The number of fused-ring (bicyclic) bond motifs is 2. The molecule has 0 saturated heterocycles. The first kappa shape index (κ1) is 27.9. The van der Waals surface area contributed by atoms with Crippen molar-refractivity contribution in [3.05, 3.63) is 116 Å². The lowest BCUT2D eigenvalue weighted by Gasteiger charge is -2.23. The van der Waals surface area contributed by atoms with Crippen molar-refractivity contribution in [2.75, 3.05) is 5.73 Å². The van der Waals surface area contributed by atoms with Gasteiger partial charge in [-0.25, -0.2) is 9.50 Å². The molecule has 214 valence electrons. The molecule has 1 amide bonds. The zero-order valence-electron chi connectivity index (χ0n) is 23.9. The van der Waals surface area contributed by atoms with Crippen molar-refractivity contribution in [2.24, 2.45) is 7.05 Å². The number of halogens is 1. The van der Waals surface area contributed by atoms with E-state index in [1.54, 1.807) is 27.7 Å². The van der Waals surface area contributed by atoms with E-state index in [9.17, 15) is 9.59 Å². The lowest BCUT2D eigenvalue weighted by Crippen LogP contribution is -2.33. The van der Waals surface area contributed by atoms with Crippen molar-refractivity contribution in [2.45, 2.75) is 26.8 Å². The van der Waals surface area contributed by atoms with Crippen molar-refractivity contribution < 1.29 is 4.79 Å². The van der Waals surface area contributed by atoms with Gasteiger partial charge in [0.1, 0.15) is 5.56 Å². The SMILES string of the molecule is Cc1ccn2nc(N)c(C(=O)N[C@@H](C)c3c(Br)c4cccc(C#Cc5cnn(C)c5C)c4c(=O)n3-c3ccccc3)c2n1. The topological polar surface area (TPSA) is 125 Å². The van der Waals surface area contributed by atoms with Crippen LogP contribution in [0.2, 0.25) is 0 Å². The minimum atomic E-state index is -0.633. The highest BCUT2D eigenvalue weighted by molar-refractivity contribution is 9.10. The van der Waals surface area contributed by atoms with Crippen LogP contribution in [-0.4, -0.2) is 34.9 Å². The number of aromatic nitrogens is 6. The Morgan fingerprint density at radius 2 is 1.79 bits per heavy atom. The largest absolute Gasteiger partial charge is 0.381 e. The monoisotopic (exact) mass is 634 g/mol. The summed E-state index contributed by atoms with van der Waals surface area (Å²) >= 11 is 3.79. The number of nitrogens with one attached hydrogen (secondary N) is 1. The molecule has 4 aromatic heterocycles. The number of nitrogens with two attached hydrogens (primary N) is 1. The van der Waals surface area contributed by atoms with Crippen molar-refractivity contribution >= 4 is 44.1 Å². The van der Waals surface area contributed by atoms with Gasteiger partial charge in [0.25, 0.3) is 11.5 Å². The van der Waals surface area contributed by atoms with Gasteiger partial charge >= 0.3 is 0 Å². The maximum Gasteiger partial charge on any atom is 0.264 e. The van der Waals surface area contributed by atoms with E-state index < -0.39 is 11.9 Å². The van der Waals surface area contributed by atoms with Crippen molar-refractivity contribution in [1.82, 2.24) is 34.3 Å². The Labute approximate surface area is 255 Å². The summed E-state index contributed by atoms with van der Waals surface area (Å²) in [6.45, 7) is 5.59. The molecule has 0 aliphatic carbocycles. The summed E-state index contributed by atoms with van der Waals surface area (Å²) in [6.07, 6.45) is 3.42. The average Bonchev–Trinajstić information content (AvgIpc) is 3.50. The molecule has 0 unspecified atom stereocenters. The summed E-state index contributed by atoms with van der Waals surface area (Å²) in [5, 5.41) is 12.7. The zero-order chi connectivity index (χ0) is 30.4. The van der Waals surface area contributed by atoms with Gasteiger partial charge in [0.2, 0.25) is 0 Å². The molecule has 6 aromatic rings. The quantitative estimate of drug-likeness (QED) is 0.273. The van der Waals surface area contributed by atoms with E-state index in [2.05, 4.69) is 48.3 Å². The molecule has 0 spiro atoms. The van der Waals surface area contributed by atoms with Crippen LogP contribution in [0.1, 0.15) is 51.5 Å². The molecule has 6 rings (SSSR count). The van der Waals surface area contributed by atoms with Gasteiger partial charge in [0.05, 0.1) is 34.6 Å². The molecular weight excluding hydrogens is 608 g/mol. The lowest BCUT2D eigenvalue weighted by atomic mass is 10.0. The second-order valence-corrected chi connectivity index (χ2v) is 11.0. The summed E-state index contributed by atoms with van der Waals surface area (Å²) in [6, 6.07) is 16.0. The molecule has 0 bridgehead atoms. The van der Waals surface area contributed by atoms with Crippen molar-refractivity contribution in [3.63, 3.8) is 0 Å². The number of anilines is 1. The predicted octanol–water partition coefficient (Wildman–Crippen LogP) is 4.62. The first-order valence-electron chi connectivity index (χ1n) is 13.5. The maximum absolute atomic E-state index is 14.4. The van der Waals surface area contributed by atoms with Crippen LogP contribution in [0.4, 0.5) is 5.82 Å². The number of hydrogen-bond donors (Lipinski definition) is 2. The highest BCUT2D eigenvalue weighted by Gasteiger charge is 2.26. The molecule has 11 heteroatoms. The van der Waals surface area contributed by atoms with Crippen LogP contribution in [0.5, 0.6) is 0 Å². The van der Waals surface area contributed by atoms with E-state index in [0.717, 1.165) is 17.0 Å². The first-order valence-corrected chi connectivity index (χ1v) is 14.3. The van der Waals surface area contributed by atoms with Gasteiger partial charge in [0, 0.05) is 40.0 Å². The number of aryl methyl sites for hydroxylation is 2. The highest BCUT2D eigenvalue weighted by atomic mass is 79.9. The number of rotatable bonds is 4. The number of carbonyl (C=O) groups excluding carboxylic acids is 1. The fourth-order valence-corrected chi connectivity index (χ4v) is 5.94. The highest BCUT2D eigenvalue weighted by Crippen LogP contribution is 2.33. The molecule has 0 radical (unpaired) electrons. The smallest absolute Gasteiger partial charge is 0.264 e. The second kappa shape index (κ2) is 10.9. The van der Waals surface area contributed by atoms with Crippen LogP contribution in [-0.2, 0) is 7.05 Å². The molecule has 1 atom stereocenters. The van der Waals surface area contributed by atoms with Crippen LogP contribution >= 0.6 is 15.9 Å². The summed E-state index contributed by atoms with van der Waals surface area (Å²) in [4.78, 5) is 32.5. The Balaban J connectivity index is 1.52. The average molecular weight is 636 g/mol. The molecule has 0 aliphatic rings. The van der Waals surface area contributed by atoms with Gasteiger partial charge < -0.3 is 11.1 Å². The molecule has 0 fully saturated rings. The molecule has 10 nitrogen and oxygen atoms in total. The Kier molecular flexibility index (Phi) is 7.07. The van der Waals surface area contributed by atoms with E-state index in [1.807, 2.05) is 76.3 Å². The van der Waals surface area contributed by atoms with Gasteiger partial charge in [-0.2, -0.15) is 5.10 Å². The van der Waals surface area contributed by atoms with Gasteiger partial charge in [-0.05, 0) is 61.0 Å². The lowest BCUT2D eigenvalue weighted by molar-refractivity contribution is 0.0941. The molecule has 0 aliphatic heterocycles. The Bertz CT molecular complexity index is 2180. The molecule has 2 aromatic carbocycles. The number of carbonyl (C=O) groups is 1. The zero-order valence-corrected chi connectivity index (χ0v) is 25.5. The molecule has 0 saturated carbocycles. The minimum absolute atomic E-state index is 0.0629. The number of pyridine rings is 1. The van der Waals surface area contributed by atoms with Crippen LogP contribution in [0.3, 0.4) is 0 Å². The van der Waals surface area contributed by atoms with E-state index in [0.29, 0.717) is 37.8 Å². The van der Waals surface area contributed by atoms with E-state index in [-0.39, 0.29) is 16.9 Å². The summed E-state index contributed by atoms with van der Waals surface area (Å²) in [5.74, 6) is 5.97. The van der Waals surface area contributed by atoms with Crippen LogP contribution in [0, 0.1) is 25.7 Å². The third-order valence-electron chi connectivity index (χ3n) is 7.40. The number of benzene rings is 2. The Morgan fingerprint density at radius 1 is 1.05 bits per heavy atom.